The summed E-state index contributed by atoms with van der Waals surface area (Å²) in [6, 6.07) is 4.23. The molecule has 0 spiro atoms. The molecular formula is C13H21NO. The van der Waals surface area contributed by atoms with Gasteiger partial charge in [-0.2, -0.15) is 0 Å². The van der Waals surface area contributed by atoms with Crippen LogP contribution in [-0.4, -0.2) is 13.2 Å². The maximum absolute atomic E-state index is 5.53. The summed E-state index contributed by atoms with van der Waals surface area (Å²) in [5, 5.41) is 0. The molecule has 0 saturated carbocycles. The van der Waals surface area contributed by atoms with E-state index in [-0.39, 0.29) is 0 Å². The minimum Gasteiger partial charge on any atom is -0.494 e. The molecule has 2 nitrogen and oxygen atoms in total. The topological polar surface area (TPSA) is 35.2 Å². The highest BCUT2D eigenvalue weighted by molar-refractivity contribution is 5.41. The number of rotatable bonds is 5. The summed E-state index contributed by atoms with van der Waals surface area (Å²) in [4.78, 5) is 0. The summed E-state index contributed by atoms with van der Waals surface area (Å²) >= 11 is 0. The Morgan fingerprint density at radius 3 is 2.27 bits per heavy atom. The van der Waals surface area contributed by atoms with Crippen LogP contribution >= 0.6 is 0 Å². The molecule has 0 aliphatic rings. The molecule has 1 aromatic rings. The number of hydrogen-bond acceptors (Lipinski definition) is 2. The first-order valence-corrected chi connectivity index (χ1v) is 5.62. The fraction of sp³-hybridized carbons (Fsp3) is 0.538. The van der Waals surface area contributed by atoms with Crippen molar-refractivity contribution in [1.82, 2.24) is 0 Å². The second-order valence-electron chi connectivity index (χ2n) is 3.86. The SMILES string of the molecule is CCOc1cc(C)c(CCCN)c(C)c1. The van der Waals surface area contributed by atoms with Crippen LogP contribution < -0.4 is 10.5 Å². The third-order valence-corrected chi connectivity index (χ3v) is 2.61. The molecular weight excluding hydrogens is 186 g/mol. The van der Waals surface area contributed by atoms with Crippen LogP contribution in [0.3, 0.4) is 0 Å². The minimum atomic E-state index is 0.723. The zero-order chi connectivity index (χ0) is 11.3. The van der Waals surface area contributed by atoms with Crippen LogP contribution in [0.5, 0.6) is 5.75 Å². The van der Waals surface area contributed by atoms with E-state index in [4.69, 9.17) is 10.5 Å². The Balaban J connectivity index is 2.88. The molecule has 0 fully saturated rings. The Labute approximate surface area is 92.4 Å². The summed E-state index contributed by atoms with van der Waals surface area (Å²) in [5.74, 6) is 0.976. The van der Waals surface area contributed by atoms with E-state index >= 15 is 0 Å². The van der Waals surface area contributed by atoms with E-state index in [0.717, 1.165) is 31.7 Å². The van der Waals surface area contributed by atoms with Crippen molar-refractivity contribution in [2.24, 2.45) is 5.73 Å². The molecule has 2 N–H and O–H groups in total. The van der Waals surface area contributed by atoms with Gasteiger partial charge in [-0.3, -0.25) is 0 Å². The molecule has 0 bridgehead atoms. The van der Waals surface area contributed by atoms with Crippen LogP contribution in [0.1, 0.15) is 30.0 Å². The van der Waals surface area contributed by atoms with Gasteiger partial charge in [0.25, 0.3) is 0 Å². The van der Waals surface area contributed by atoms with E-state index < -0.39 is 0 Å². The highest BCUT2D eigenvalue weighted by Crippen LogP contribution is 2.22. The minimum absolute atomic E-state index is 0.723. The predicted octanol–water partition coefficient (Wildman–Crippen LogP) is 2.59. The van der Waals surface area contributed by atoms with E-state index in [0.29, 0.717) is 0 Å². The normalized spacial score (nSPS) is 10.4. The molecule has 0 saturated heterocycles. The average molecular weight is 207 g/mol. The zero-order valence-corrected chi connectivity index (χ0v) is 9.97. The Kier molecular flexibility index (Phi) is 4.63. The first-order valence-electron chi connectivity index (χ1n) is 5.62. The molecule has 1 aromatic carbocycles. The van der Waals surface area contributed by atoms with Gasteiger partial charge < -0.3 is 10.5 Å². The molecule has 0 heterocycles. The van der Waals surface area contributed by atoms with Gasteiger partial charge in [-0.05, 0) is 69.0 Å². The lowest BCUT2D eigenvalue weighted by atomic mass is 9.98. The maximum Gasteiger partial charge on any atom is 0.119 e. The molecule has 15 heavy (non-hydrogen) atoms. The first-order chi connectivity index (χ1) is 7.19. The second kappa shape index (κ2) is 5.76. The molecule has 0 aliphatic carbocycles. The van der Waals surface area contributed by atoms with E-state index in [1.54, 1.807) is 0 Å². The van der Waals surface area contributed by atoms with Crippen molar-refractivity contribution in [1.29, 1.82) is 0 Å². The molecule has 0 atom stereocenters. The standard InChI is InChI=1S/C13H21NO/c1-4-15-12-8-10(2)13(6-5-7-14)11(3)9-12/h8-9H,4-7,14H2,1-3H3. The van der Waals surface area contributed by atoms with Gasteiger partial charge in [0.15, 0.2) is 0 Å². The smallest absolute Gasteiger partial charge is 0.119 e. The van der Waals surface area contributed by atoms with Crippen LogP contribution in [0.15, 0.2) is 12.1 Å². The first kappa shape index (κ1) is 12.1. The lowest BCUT2D eigenvalue weighted by Crippen LogP contribution is -2.03. The molecule has 0 aliphatic heterocycles. The lowest BCUT2D eigenvalue weighted by molar-refractivity contribution is 0.339. The van der Waals surface area contributed by atoms with Gasteiger partial charge in [0.2, 0.25) is 0 Å². The quantitative estimate of drug-likeness (QED) is 0.805. The van der Waals surface area contributed by atoms with Crippen molar-refractivity contribution in [2.75, 3.05) is 13.2 Å². The molecule has 84 valence electrons. The summed E-state index contributed by atoms with van der Waals surface area (Å²) in [7, 11) is 0. The molecule has 2 heteroatoms. The molecule has 1 rings (SSSR count). The van der Waals surface area contributed by atoms with Crippen LogP contribution in [0, 0.1) is 13.8 Å². The number of nitrogens with two attached hydrogens (primary N) is 1. The van der Waals surface area contributed by atoms with Crippen LogP contribution in [0.2, 0.25) is 0 Å². The van der Waals surface area contributed by atoms with Crippen LogP contribution in [-0.2, 0) is 6.42 Å². The number of hydrogen-bond donors (Lipinski definition) is 1. The summed E-state index contributed by atoms with van der Waals surface area (Å²) < 4.78 is 5.50. The van der Waals surface area contributed by atoms with Crippen molar-refractivity contribution >= 4 is 0 Å². The van der Waals surface area contributed by atoms with Crippen molar-refractivity contribution in [3.05, 3.63) is 28.8 Å². The van der Waals surface area contributed by atoms with Crippen molar-refractivity contribution in [2.45, 2.75) is 33.6 Å². The summed E-state index contributed by atoms with van der Waals surface area (Å²) in [6.45, 7) is 7.77. The van der Waals surface area contributed by atoms with Gasteiger partial charge in [-0.1, -0.05) is 0 Å². The van der Waals surface area contributed by atoms with Gasteiger partial charge in [0.1, 0.15) is 5.75 Å². The average Bonchev–Trinajstić information content (AvgIpc) is 2.17. The third-order valence-electron chi connectivity index (χ3n) is 2.61. The summed E-state index contributed by atoms with van der Waals surface area (Å²) in [5.41, 5.74) is 9.57. The number of benzene rings is 1. The fourth-order valence-electron chi connectivity index (χ4n) is 1.88. The Morgan fingerprint density at radius 1 is 1.20 bits per heavy atom. The van der Waals surface area contributed by atoms with Crippen molar-refractivity contribution in [3.63, 3.8) is 0 Å². The van der Waals surface area contributed by atoms with Gasteiger partial charge in [0.05, 0.1) is 6.61 Å². The van der Waals surface area contributed by atoms with Crippen LogP contribution in [0.4, 0.5) is 0 Å². The highest BCUT2D eigenvalue weighted by Gasteiger charge is 2.05. The molecule has 0 aromatic heterocycles. The maximum atomic E-state index is 5.53. The Morgan fingerprint density at radius 2 is 1.80 bits per heavy atom. The molecule has 0 radical (unpaired) electrons. The van der Waals surface area contributed by atoms with Gasteiger partial charge >= 0.3 is 0 Å². The Bertz CT molecular complexity index is 297. The van der Waals surface area contributed by atoms with Crippen LogP contribution in [0.25, 0.3) is 0 Å². The monoisotopic (exact) mass is 207 g/mol. The molecule has 0 amide bonds. The third kappa shape index (κ3) is 3.24. The zero-order valence-electron chi connectivity index (χ0n) is 9.97. The van der Waals surface area contributed by atoms with Crippen molar-refractivity contribution < 1.29 is 4.74 Å². The lowest BCUT2D eigenvalue weighted by Gasteiger charge is -2.12. The largest absolute Gasteiger partial charge is 0.494 e. The van der Waals surface area contributed by atoms with Crippen molar-refractivity contribution in [3.8, 4) is 5.75 Å². The Hall–Kier alpha value is -1.02. The van der Waals surface area contributed by atoms with E-state index in [2.05, 4.69) is 26.0 Å². The van der Waals surface area contributed by atoms with E-state index in [1.165, 1.54) is 16.7 Å². The fourth-order valence-corrected chi connectivity index (χ4v) is 1.88. The van der Waals surface area contributed by atoms with E-state index in [9.17, 15) is 0 Å². The van der Waals surface area contributed by atoms with Gasteiger partial charge in [0, 0.05) is 0 Å². The van der Waals surface area contributed by atoms with E-state index in [1.807, 2.05) is 6.92 Å². The highest BCUT2D eigenvalue weighted by atomic mass is 16.5. The number of ether oxygens (including phenoxy) is 1. The number of aryl methyl sites for hydroxylation is 2. The summed E-state index contributed by atoms with van der Waals surface area (Å²) in [6.07, 6.45) is 2.12. The second-order valence-corrected chi connectivity index (χ2v) is 3.86. The molecule has 0 unspecified atom stereocenters. The van der Waals surface area contributed by atoms with Gasteiger partial charge in [-0.15, -0.1) is 0 Å². The van der Waals surface area contributed by atoms with Gasteiger partial charge in [-0.25, -0.2) is 0 Å². The predicted molar refractivity (Wildman–Crippen MR) is 64.5 cm³/mol.